The fourth-order valence-corrected chi connectivity index (χ4v) is 1.63. The van der Waals surface area contributed by atoms with Gasteiger partial charge in [0.05, 0.1) is 23.5 Å². The van der Waals surface area contributed by atoms with Gasteiger partial charge >= 0.3 is 5.97 Å². The van der Waals surface area contributed by atoms with Crippen molar-refractivity contribution in [3.63, 3.8) is 0 Å². The predicted molar refractivity (Wildman–Crippen MR) is 62.0 cm³/mol. The minimum absolute atomic E-state index is 0.226. The number of aryl methyl sites for hydroxylation is 2. The van der Waals surface area contributed by atoms with Gasteiger partial charge in [0.2, 0.25) is 0 Å². The molecule has 0 bridgehead atoms. The van der Waals surface area contributed by atoms with E-state index in [1.54, 1.807) is 16.8 Å². The molecule has 0 aliphatic heterocycles. The van der Waals surface area contributed by atoms with Crippen LogP contribution in [-0.4, -0.2) is 25.8 Å². The molecule has 0 saturated heterocycles. The van der Waals surface area contributed by atoms with Crippen LogP contribution in [-0.2, 0) is 6.54 Å². The molecule has 0 aliphatic carbocycles. The van der Waals surface area contributed by atoms with E-state index in [0.717, 1.165) is 11.4 Å². The lowest BCUT2D eigenvalue weighted by Gasteiger charge is -2.06. The number of aromatic carboxylic acids is 1. The highest BCUT2D eigenvalue weighted by Gasteiger charge is 2.12. The zero-order valence-electron chi connectivity index (χ0n) is 9.71. The molecule has 0 aromatic carbocycles. The standard InChI is InChI=1S/C12H13N3O2/c1-8-3-4-10(12(16)17)11(13-8)7-15-6-5-9(2)14-15/h3-6H,7H2,1-2H3,(H,16,17). The van der Waals surface area contributed by atoms with E-state index in [9.17, 15) is 4.79 Å². The lowest BCUT2D eigenvalue weighted by Crippen LogP contribution is -2.10. The summed E-state index contributed by atoms with van der Waals surface area (Å²) in [6.07, 6.45) is 1.81. The highest BCUT2D eigenvalue weighted by Crippen LogP contribution is 2.09. The first-order valence-electron chi connectivity index (χ1n) is 5.26. The zero-order chi connectivity index (χ0) is 12.4. The molecule has 0 radical (unpaired) electrons. The number of carbonyl (C=O) groups is 1. The van der Waals surface area contributed by atoms with Gasteiger partial charge in [-0.2, -0.15) is 5.10 Å². The minimum atomic E-state index is -0.962. The van der Waals surface area contributed by atoms with Crippen LogP contribution in [0, 0.1) is 13.8 Å². The quantitative estimate of drug-likeness (QED) is 0.871. The van der Waals surface area contributed by atoms with Gasteiger partial charge in [0.25, 0.3) is 0 Å². The number of rotatable bonds is 3. The Balaban J connectivity index is 2.37. The van der Waals surface area contributed by atoms with E-state index in [0.29, 0.717) is 12.2 Å². The largest absolute Gasteiger partial charge is 0.478 e. The first-order chi connectivity index (χ1) is 8.06. The van der Waals surface area contributed by atoms with Gasteiger partial charge in [-0.3, -0.25) is 9.67 Å². The zero-order valence-corrected chi connectivity index (χ0v) is 9.71. The molecule has 2 aromatic rings. The number of pyridine rings is 1. The third kappa shape index (κ3) is 2.50. The molecule has 5 nitrogen and oxygen atoms in total. The Morgan fingerprint density at radius 3 is 2.65 bits per heavy atom. The maximum Gasteiger partial charge on any atom is 0.337 e. The molecular weight excluding hydrogens is 218 g/mol. The molecule has 17 heavy (non-hydrogen) atoms. The molecular formula is C12H13N3O2. The molecule has 2 rings (SSSR count). The molecule has 1 N–H and O–H groups in total. The first kappa shape index (κ1) is 11.3. The van der Waals surface area contributed by atoms with Crippen molar-refractivity contribution in [2.24, 2.45) is 0 Å². The van der Waals surface area contributed by atoms with Crippen molar-refractivity contribution in [2.75, 3.05) is 0 Å². The molecule has 0 saturated carbocycles. The maximum absolute atomic E-state index is 11.1. The smallest absolute Gasteiger partial charge is 0.337 e. The maximum atomic E-state index is 11.1. The number of nitrogens with zero attached hydrogens (tertiary/aromatic N) is 3. The van der Waals surface area contributed by atoms with E-state index in [-0.39, 0.29) is 5.56 Å². The summed E-state index contributed by atoms with van der Waals surface area (Å²) in [4.78, 5) is 15.3. The molecule has 2 heterocycles. The summed E-state index contributed by atoms with van der Waals surface area (Å²) in [5.74, 6) is -0.962. The highest BCUT2D eigenvalue weighted by atomic mass is 16.4. The van der Waals surface area contributed by atoms with E-state index in [2.05, 4.69) is 10.1 Å². The summed E-state index contributed by atoms with van der Waals surface area (Å²) in [5.41, 5.74) is 2.45. The number of hydrogen-bond acceptors (Lipinski definition) is 3. The SMILES string of the molecule is Cc1ccc(C(=O)O)c(Cn2ccc(C)n2)n1. The van der Waals surface area contributed by atoms with Crippen LogP contribution < -0.4 is 0 Å². The van der Waals surface area contributed by atoms with Crippen molar-refractivity contribution in [3.05, 3.63) is 47.0 Å². The lowest BCUT2D eigenvalue weighted by molar-refractivity contribution is 0.0695. The van der Waals surface area contributed by atoms with Crippen LogP contribution in [0.1, 0.15) is 27.4 Å². The van der Waals surface area contributed by atoms with Crippen LogP contribution >= 0.6 is 0 Å². The van der Waals surface area contributed by atoms with E-state index in [4.69, 9.17) is 5.11 Å². The average molecular weight is 231 g/mol. The van der Waals surface area contributed by atoms with Crippen LogP contribution in [0.25, 0.3) is 0 Å². The molecule has 0 unspecified atom stereocenters. The second kappa shape index (κ2) is 4.37. The van der Waals surface area contributed by atoms with E-state index in [1.807, 2.05) is 26.1 Å². The molecule has 0 fully saturated rings. The Hall–Kier alpha value is -2.17. The fraction of sp³-hybridized carbons (Fsp3) is 0.250. The Bertz CT molecular complexity index is 561. The van der Waals surface area contributed by atoms with Gasteiger partial charge in [0.15, 0.2) is 0 Å². The van der Waals surface area contributed by atoms with Crippen molar-refractivity contribution in [1.29, 1.82) is 0 Å². The number of carboxylic acids is 1. The Labute approximate surface area is 98.7 Å². The van der Waals surface area contributed by atoms with Crippen LogP contribution in [0.3, 0.4) is 0 Å². The predicted octanol–water partition coefficient (Wildman–Crippen LogP) is 1.64. The lowest BCUT2D eigenvalue weighted by atomic mass is 10.1. The van der Waals surface area contributed by atoms with Gasteiger partial charge in [-0.25, -0.2) is 4.79 Å². The minimum Gasteiger partial charge on any atom is -0.478 e. The summed E-state index contributed by atoms with van der Waals surface area (Å²) >= 11 is 0. The second-order valence-corrected chi connectivity index (χ2v) is 3.91. The van der Waals surface area contributed by atoms with Crippen LogP contribution in [0.15, 0.2) is 24.4 Å². The van der Waals surface area contributed by atoms with Crippen LogP contribution in [0.2, 0.25) is 0 Å². The third-order valence-corrected chi connectivity index (χ3v) is 2.43. The summed E-state index contributed by atoms with van der Waals surface area (Å²) in [6, 6.07) is 5.15. The van der Waals surface area contributed by atoms with Crippen molar-refractivity contribution >= 4 is 5.97 Å². The molecule has 0 spiro atoms. The first-order valence-corrected chi connectivity index (χ1v) is 5.26. The van der Waals surface area contributed by atoms with Crippen molar-refractivity contribution < 1.29 is 9.90 Å². The summed E-state index contributed by atoms with van der Waals surface area (Å²) in [6.45, 7) is 4.10. The van der Waals surface area contributed by atoms with Gasteiger partial charge in [-0.05, 0) is 32.0 Å². The van der Waals surface area contributed by atoms with E-state index < -0.39 is 5.97 Å². The van der Waals surface area contributed by atoms with Crippen molar-refractivity contribution in [3.8, 4) is 0 Å². The number of carboxylic acid groups (broad SMARTS) is 1. The van der Waals surface area contributed by atoms with Crippen LogP contribution in [0.4, 0.5) is 0 Å². The fourth-order valence-electron chi connectivity index (χ4n) is 1.63. The number of hydrogen-bond donors (Lipinski definition) is 1. The molecule has 0 aliphatic rings. The highest BCUT2D eigenvalue weighted by molar-refractivity contribution is 5.88. The van der Waals surface area contributed by atoms with Gasteiger partial charge in [-0.15, -0.1) is 0 Å². The molecule has 2 aromatic heterocycles. The molecule has 88 valence electrons. The van der Waals surface area contributed by atoms with Gasteiger partial charge < -0.3 is 5.11 Å². The Morgan fingerprint density at radius 1 is 1.29 bits per heavy atom. The van der Waals surface area contributed by atoms with E-state index in [1.165, 1.54) is 0 Å². The van der Waals surface area contributed by atoms with Crippen LogP contribution in [0.5, 0.6) is 0 Å². The Kier molecular flexibility index (Phi) is 2.91. The van der Waals surface area contributed by atoms with Crippen molar-refractivity contribution in [1.82, 2.24) is 14.8 Å². The molecule has 5 heteroatoms. The normalized spacial score (nSPS) is 10.5. The Morgan fingerprint density at radius 2 is 2.06 bits per heavy atom. The van der Waals surface area contributed by atoms with Gasteiger partial charge in [0.1, 0.15) is 0 Å². The van der Waals surface area contributed by atoms with Crippen molar-refractivity contribution in [2.45, 2.75) is 20.4 Å². The third-order valence-electron chi connectivity index (χ3n) is 2.43. The summed E-state index contributed by atoms with van der Waals surface area (Å²) < 4.78 is 1.68. The summed E-state index contributed by atoms with van der Waals surface area (Å²) in [7, 11) is 0. The van der Waals surface area contributed by atoms with E-state index >= 15 is 0 Å². The monoisotopic (exact) mass is 231 g/mol. The summed E-state index contributed by atoms with van der Waals surface area (Å²) in [5, 5.41) is 13.3. The number of aromatic nitrogens is 3. The second-order valence-electron chi connectivity index (χ2n) is 3.91. The average Bonchev–Trinajstić information content (AvgIpc) is 2.63. The van der Waals surface area contributed by atoms with Gasteiger partial charge in [0, 0.05) is 11.9 Å². The molecule has 0 atom stereocenters. The molecule has 0 amide bonds. The van der Waals surface area contributed by atoms with Gasteiger partial charge in [-0.1, -0.05) is 0 Å². The topological polar surface area (TPSA) is 68.0 Å².